The molecule has 0 bridgehead atoms. The van der Waals surface area contributed by atoms with Crippen LogP contribution in [0.2, 0.25) is 0 Å². The average Bonchev–Trinajstić information content (AvgIpc) is 2.92. The number of ether oxygens (including phenoxy) is 3. The van der Waals surface area contributed by atoms with Gasteiger partial charge in [0.05, 0.1) is 43.0 Å². The molecular weight excluding hydrogens is 536 g/mol. The number of nitrogens with zero attached hydrogens (tertiary/aromatic N) is 4. The van der Waals surface area contributed by atoms with Gasteiger partial charge < -0.3 is 14.2 Å². The standard InChI is InChI=1S/C28H25BrN4O4/c1-4-7-26-32-23-11-10-21(29)14-22(23)28(34)33(26)31-16-18-12-24(35-2)27(25(13-18)36-3)37-17-20-9-6-5-8-19(20)15-30/h5-6,8-14,16H,4,7,17H2,1-3H3. The van der Waals surface area contributed by atoms with Crippen molar-refractivity contribution in [3.63, 3.8) is 0 Å². The van der Waals surface area contributed by atoms with E-state index in [1.54, 1.807) is 36.5 Å². The predicted molar refractivity (Wildman–Crippen MR) is 146 cm³/mol. The quantitative estimate of drug-likeness (QED) is 0.252. The zero-order chi connectivity index (χ0) is 26.4. The van der Waals surface area contributed by atoms with Crippen molar-refractivity contribution in [1.29, 1.82) is 5.26 Å². The number of methoxy groups -OCH3 is 2. The minimum Gasteiger partial charge on any atom is -0.493 e. The molecule has 0 radical (unpaired) electrons. The van der Waals surface area contributed by atoms with Crippen LogP contribution < -0.4 is 19.8 Å². The molecular formula is C28H25BrN4O4. The second kappa shape index (κ2) is 11.7. The van der Waals surface area contributed by atoms with Crippen molar-refractivity contribution < 1.29 is 14.2 Å². The highest BCUT2D eigenvalue weighted by molar-refractivity contribution is 9.10. The molecule has 1 heterocycles. The van der Waals surface area contributed by atoms with Crippen LogP contribution in [0.3, 0.4) is 0 Å². The summed E-state index contributed by atoms with van der Waals surface area (Å²) in [5.74, 6) is 1.83. The summed E-state index contributed by atoms with van der Waals surface area (Å²) in [7, 11) is 3.06. The van der Waals surface area contributed by atoms with Crippen molar-refractivity contribution in [3.05, 3.63) is 91.9 Å². The van der Waals surface area contributed by atoms with Crippen molar-refractivity contribution in [3.8, 4) is 23.3 Å². The zero-order valence-electron chi connectivity index (χ0n) is 20.7. The number of hydrogen-bond donors (Lipinski definition) is 0. The molecule has 0 fully saturated rings. The summed E-state index contributed by atoms with van der Waals surface area (Å²) in [6.07, 6.45) is 2.97. The van der Waals surface area contributed by atoms with Gasteiger partial charge in [0.15, 0.2) is 11.5 Å². The molecule has 0 saturated heterocycles. The maximum atomic E-state index is 13.3. The highest BCUT2D eigenvalue weighted by Gasteiger charge is 2.16. The van der Waals surface area contributed by atoms with Crippen LogP contribution >= 0.6 is 15.9 Å². The summed E-state index contributed by atoms with van der Waals surface area (Å²) >= 11 is 3.42. The molecule has 4 aromatic rings. The fourth-order valence-corrected chi connectivity index (χ4v) is 4.21. The van der Waals surface area contributed by atoms with Crippen LogP contribution in [0.15, 0.2) is 69.0 Å². The molecule has 188 valence electrons. The molecule has 0 amide bonds. The molecule has 0 N–H and O–H groups in total. The number of rotatable bonds is 9. The van der Waals surface area contributed by atoms with Crippen LogP contribution in [0, 0.1) is 11.3 Å². The van der Waals surface area contributed by atoms with E-state index >= 15 is 0 Å². The second-order valence-corrected chi connectivity index (χ2v) is 9.03. The number of hydrogen-bond acceptors (Lipinski definition) is 7. The highest BCUT2D eigenvalue weighted by Crippen LogP contribution is 2.39. The Labute approximate surface area is 222 Å². The number of aryl methyl sites for hydroxylation is 1. The molecule has 8 nitrogen and oxygen atoms in total. The topological polar surface area (TPSA) is 98.7 Å². The maximum absolute atomic E-state index is 13.3. The Morgan fingerprint density at radius 2 is 1.84 bits per heavy atom. The predicted octanol–water partition coefficient (Wildman–Crippen LogP) is 5.46. The Hall–Kier alpha value is -4.16. The van der Waals surface area contributed by atoms with E-state index in [2.05, 4.69) is 32.1 Å². The molecule has 9 heteroatoms. The molecule has 1 aromatic heterocycles. The summed E-state index contributed by atoms with van der Waals surface area (Å²) in [6, 6.07) is 18.3. The highest BCUT2D eigenvalue weighted by atomic mass is 79.9. The summed E-state index contributed by atoms with van der Waals surface area (Å²) in [5.41, 5.74) is 2.31. The lowest BCUT2D eigenvalue weighted by molar-refractivity contribution is 0.265. The van der Waals surface area contributed by atoms with Crippen molar-refractivity contribution in [1.82, 2.24) is 9.66 Å². The summed E-state index contributed by atoms with van der Waals surface area (Å²) in [5, 5.41) is 14.3. The first-order valence-electron chi connectivity index (χ1n) is 11.6. The maximum Gasteiger partial charge on any atom is 0.282 e. The molecule has 37 heavy (non-hydrogen) atoms. The second-order valence-electron chi connectivity index (χ2n) is 8.11. The van der Waals surface area contributed by atoms with E-state index in [4.69, 9.17) is 14.2 Å². The largest absolute Gasteiger partial charge is 0.493 e. The van der Waals surface area contributed by atoms with Gasteiger partial charge in [0, 0.05) is 22.0 Å². The van der Waals surface area contributed by atoms with Gasteiger partial charge in [-0.05, 0) is 42.8 Å². The van der Waals surface area contributed by atoms with E-state index < -0.39 is 0 Å². The molecule has 0 saturated carbocycles. The smallest absolute Gasteiger partial charge is 0.282 e. The van der Waals surface area contributed by atoms with Crippen molar-refractivity contribution in [2.45, 2.75) is 26.4 Å². The van der Waals surface area contributed by atoms with Gasteiger partial charge in [-0.15, -0.1) is 0 Å². The van der Waals surface area contributed by atoms with E-state index in [1.807, 2.05) is 31.2 Å². The van der Waals surface area contributed by atoms with Crippen LogP contribution in [-0.4, -0.2) is 30.1 Å². The first-order valence-corrected chi connectivity index (χ1v) is 12.4. The number of nitriles is 1. The van der Waals surface area contributed by atoms with Gasteiger partial charge in [-0.1, -0.05) is 41.1 Å². The Morgan fingerprint density at radius 1 is 1.11 bits per heavy atom. The molecule has 4 rings (SSSR count). The lowest BCUT2D eigenvalue weighted by Crippen LogP contribution is -2.22. The van der Waals surface area contributed by atoms with Crippen molar-refractivity contribution in [2.75, 3.05) is 14.2 Å². The van der Waals surface area contributed by atoms with Crippen molar-refractivity contribution in [2.24, 2.45) is 5.10 Å². The Balaban J connectivity index is 1.71. The van der Waals surface area contributed by atoms with E-state index in [0.29, 0.717) is 51.5 Å². The van der Waals surface area contributed by atoms with Crippen LogP contribution in [0.4, 0.5) is 0 Å². The van der Waals surface area contributed by atoms with Gasteiger partial charge in [-0.2, -0.15) is 15.0 Å². The Kier molecular flexibility index (Phi) is 8.21. The van der Waals surface area contributed by atoms with Gasteiger partial charge in [0.25, 0.3) is 5.56 Å². The molecule has 3 aromatic carbocycles. The molecule has 0 aliphatic heterocycles. The first-order chi connectivity index (χ1) is 18.0. The zero-order valence-corrected chi connectivity index (χ0v) is 22.3. The third-order valence-corrected chi connectivity index (χ3v) is 6.16. The number of aromatic nitrogens is 2. The number of halogens is 1. The Morgan fingerprint density at radius 3 is 2.51 bits per heavy atom. The van der Waals surface area contributed by atoms with Gasteiger partial charge in [0.1, 0.15) is 12.4 Å². The van der Waals surface area contributed by atoms with Crippen LogP contribution in [-0.2, 0) is 13.0 Å². The number of fused-ring (bicyclic) bond motifs is 1. The van der Waals surface area contributed by atoms with Crippen LogP contribution in [0.1, 0.15) is 35.9 Å². The lowest BCUT2D eigenvalue weighted by Gasteiger charge is -2.16. The fourth-order valence-electron chi connectivity index (χ4n) is 3.85. The molecule has 0 aliphatic rings. The summed E-state index contributed by atoms with van der Waals surface area (Å²) in [4.78, 5) is 17.9. The molecule has 0 atom stereocenters. The fraction of sp³-hybridized carbons (Fsp3) is 0.214. The minimum absolute atomic E-state index is 0.165. The summed E-state index contributed by atoms with van der Waals surface area (Å²) in [6.45, 7) is 2.19. The van der Waals surface area contributed by atoms with Gasteiger partial charge in [-0.3, -0.25) is 4.79 Å². The third-order valence-electron chi connectivity index (χ3n) is 5.66. The van der Waals surface area contributed by atoms with Crippen LogP contribution in [0.25, 0.3) is 10.9 Å². The third kappa shape index (κ3) is 5.65. The average molecular weight is 561 g/mol. The molecule has 0 spiro atoms. The van der Waals surface area contributed by atoms with Gasteiger partial charge in [0.2, 0.25) is 5.75 Å². The monoisotopic (exact) mass is 560 g/mol. The normalized spacial score (nSPS) is 11.0. The van der Waals surface area contributed by atoms with E-state index in [1.165, 1.54) is 18.9 Å². The Bertz CT molecular complexity index is 1550. The SMILES string of the molecule is CCCc1nc2ccc(Br)cc2c(=O)n1N=Cc1cc(OC)c(OCc2ccccc2C#N)c(OC)c1. The van der Waals surface area contributed by atoms with Gasteiger partial charge >= 0.3 is 0 Å². The number of benzene rings is 3. The van der Waals surface area contributed by atoms with Crippen molar-refractivity contribution >= 4 is 33.0 Å². The minimum atomic E-state index is -0.249. The molecule has 0 unspecified atom stereocenters. The van der Waals surface area contributed by atoms with Crippen LogP contribution in [0.5, 0.6) is 17.2 Å². The molecule has 0 aliphatic carbocycles. The lowest BCUT2D eigenvalue weighted by atomic mass is 10.1. The summed E-state index contributed by atoms with van der Waals surface area (Å²) < 4.78 is 19.3. The van der Waals surface area contributed by atoms with E-state index in [9.17, 15) is 10.1 Å². The first kappa shape index (κ1) is 25.9. The van der Waals surface area contributed by atoms with E-state index in [0.717, 1.165) is 16.5 Å². The van der Waals surface area contributed by atoms with E-state index in [-0.39, 0.29) is 12.2 Å². The van der Waals surface area contributed by atoms with Gasteiger partial charge in [-0.25, -0.2) is 4.98 Å².